The molecule has 0 spiro atoms. The van der Waals surface area contributed by atoms with Crippen LogP contribution in [-0.4, -0.2) is 9.91 Å². The van der Waals surface area contributed by atoms with Gasteiger partial charge < -0.3 is 10.2 Å². The summed E-state index contributed by atoms with van der Waals surface area (Å²) in [5.74, 6) is 3.99. The van der Waals surface area contributed by atoms with Crippen molar-refractivity contribution >= 4 is 34.7 Å². The van der Waals surface area contributed by atoms with Crippen molar-refractivity contribution in [1.82, 2.24) is 4.98 Å². The summed E-state index contributed by atoms with van der Waals surface area (Å²) in [6.07, 6.45) is 0. The third-order valence-corrected chi connectivity index (χ3v) is 2.92. The lowest BCUT2D eigenvalue weighted by molar-refractivity contribution is -0.385. The number of ether oxygens (including phenoxy) is 1. The van der Waals surface area contributed by atoms with Crippen LogP contribution in [0.15, 0.2) is 24.3 Å². The summed E-state index contributed by atoms with van der Waals surface area (Å²) in [6.45, 7) is 0. The minimum Gasteiger partial charge on any atom is -0.430 e. The molecule has 7 nitrogen and oxygen atoms in total. The molecular formula is C11H7Cl2FN4O3. The standard InChI is InChI=1S/C11H7Cl2FN4O3/c12-6-4-7(13)11(16-10(6)17-15)21-9-3-5(14)1-2-8(9)18(19)20/h1-4H,15H2,(H,16,17). The molecule has 0 unspecified atom stereocenters. The SMILES string of the molecule is NNc1nc(Oc2cc(F)ccc2[N+](=O)[O-])c(Cl)cc1Cl. The van der Waals surface area contributed by atoms with Crippen molar-refractivity contribution in [2.24, 2.45) is 5.84 Å². The largest absolute Gasteiger partial charge is 0.430 e. The Hall–Kier alpha value is -2.16. The van der Waals surface area contributed by atoms with Gasteiger partial charge in [0.25, 0.3) is 0 Å². The van der Waals surface area contributed by atoms with E-state index < -0.39 is 16.4 Å². The first-order chi connectivity index (χ1) is 9.92. The number of aromatic nitrogens is 1. The number of benzene rings is 1. The fraction of sp³-hybridized carbons (Fsp3) is 0. The number of nitro benzene ring substituents is 1. The molecule has 0 fully saturated rings. The first-order valence-corrected chi connectivity index (χ1v) is 6.12. The van der Waals surface area contributed by atoms with Gasteiger partial charge in [0.15, 0.2) is 5.82 Å². The summed E-state index contributed by atoms with van der Waals surface area (Å²) in [7, 11) is 0. The molecule has 21 heavy (non-hydrogen) atoms. The number of hydrogen-bond donors (Lipinski definition) is 2. The van der Waals surface area contributed by atoms with Crippen molar-refractivity contribution in [3.8, 4) is 11.6 Å². The highest BCUT2D eigenvalue weighted by molar-refractivity contribution is 6.36. The molecule has 0 radical (unpaired) electrons. The van der Waals surface area contributed by atoms with E-state index in [1.54, 1.807) is 0 Å². The van der Waals surface area contributed by atoms with Gasteiger partial charge in [-0.05, 0) is 12.1 Å². The van der Waals surface area contributed by atoms with Crippen molar-refractivity contribution in [3.63, 3.8) is 0 Å². The van der Waals surface area contributed by atoms with Crippen LogP contribution in [0.1, 0.15) is 0 Å². The van der Waals surface area contributed by atoms with Crippen LogP contribution in [-0.2, 0) is 0 Å². The van der Waals surface area contributed by atoms with Gasteiger partial charge in [0.1, 0.15) is 10.8 Å². The van der Waals surface area contributed by atoms with E-state index in [9.17, 15) is 14.5 Å². The zero-order chi connectivity index (χ0) is 15.6. The molecule has 3 N–H and O–H groups in total. The van der Waals surface area contributed by atoms with E-state index >= 15 is 0 Å². The quantitative estimate of drug-likeness (QED) is 0.504. The minimum atomic E-state index is -0.722. The maximum Gasteiger partial charge on any atom is 0.311 e. The molecule has 0 saturated carbocycles. The lowest BCUT2D eigenvalue weighted by Gasteiger charge is -2.10. The van der Waals surface area contributed by atoms with Crippen LogP contribution >= 0.6 is 23.2 Å². The Morgan fingerprint density at radius 1 is 1.33 bits per heavy atom. The Balaban J connectivity index is 2.47. The van der Waals surface area contributed by atoms with Gasteiger partial charge in [-0.3, -0.25) is 10.1 Å². The van der Waals surface area contributed by atoms with Crippen LogP contribution in [0, 0.1) is 15.9 Å². The molecule has 0 aliphatic heterocycles. The van der Waals surface area contributed by atoms with Gasteiger partial charge in [-0.2, -0.15) is 4.98 Å². The minimum absolute atomic E-state index is 0.0161. The van der Waals surface area contributed by atoms with Crippen molar-refractivity contribution in [3.05, 3.63) is 50.2 Å². The Labute approximate surface area is 127 Å². The summed E-state index contributed by atoms with van der Waals surface area (Å²) in [5.41, 5.74) is 1.77. The Bertz CT molecular complexity index is 714. The summed E-state index contributed by atoms with van der Waals surface area (Å²) in [4.78, 5) is 14.0. The number of rotatable bonds is 4. The highest BCUT2D eigenvalue weighted by Gasteiger charge is 2.19. The molecule has 0 aliphatic carbocycles. The van der Waals surface area contributed by atoms with Crippen molar-refractivity contribution in [2.45, 2.75) is 0 Å². The third-order valence-electron chi connectivity index (χ3n) is 2.36. The normalized spacial score (nSPS) is 10.3. The molecule has 0 bridgehead atoms. The van der Waals surface area contributed by atoms with Gasteiger partial charge in [-0.25, -0.2) is 10.2 Å². The average Bonchev–Trinajstić information content (AvgIpc) is 2.41. The van der Waals surface area contributed by atoms with E-state index in [1.807, 2.05) is 0 Å². The Kier molecular flexibility index (Phi) is 4.41. The second-order valence-electron chi connectivity index (χ2n) is 3.72. The van der Waals surface area contributed by atoms with Crippen LogP contribution in [0.25, 0.3) is 0 Å². The molecule has 0 saturated heterocycles. The molecule has 0 atom stereocenters. The number of nitrogens with zero attached hydrogens (tertiary/aromatic N) is 2. The van der Waals surface area contributed by atoms with Crippen molar-refractivity contribution < 1.29 is 14.1 Å². The Morgan fingerprint density at radius 3 is 2.67 bits per heavy atom. The number of hydrazine groups is 1. The van der Waals surface area contributed by atoms with Crippen molar-refractivity contribution in [2.75, 3.05) is 5.43 Å². The molecule has 0 aliphatic rings. The van der Waals surface area contributed by atoms with Crippen LogP contribution in [0.4, 0.5) is 15.9 Å². The summed E-state index contributed by atoms with van der Waals surface area (Å²) in [6, 6.07) is 4.04. The molecule has 2 rings (SSSR count). The first kappa shape index (κ1) is 15.2. The number of nitrogen functional groups attached to an aromatic ring is 1. The molecule has 1 heterocycles. The predicted molar refractivity (Wildman–Crippen MR) is 75.2 cm³/mol. The van der Waals surface area contributed by atoms with Gasteiger partial charge in [-0.1, -0.05) is 23.2 Å². The van der Waals surface area contributed by atoms with E-state index in [1.165, 1.54) is 6.07 Å². The lowest BCUT2D eigenvalue weighted by atomic mass is 10.3. The first-order valence-electron chi connectivity index (χ1n) is 5.37. The van der Waals surface area contributed by atoms with Crippen molar-refractivity contribution in [1.29, 1.82) is 0 Å². The average molecular weight is 333 g/mol. The van der Waals surface area contributed by atoms with Gasteiger partial charge in [-0.15, -0.1) is 0 Å². The Morgan fingerprint density at radius 2 is 2.05 bits per heavy atom. The number of pyridine rings is 1. The van der Waals surface area contributed by atoms with Crippen LogP contribution in [0.3, 0.4) is 0 Å². The maximum absolute atomic E-state index is 13.2. The highest BCUT2D eigenvalue weighted by Crippen LogP contribution is 2.36. The zero-order valence-electron chi connectivity index (χ0n) is 10.1. The highest BCUT2D eigenvalue weighted by atomic mass is 35.5. The fourth-order valence-corrected chi connectivity index (χ4v) is 1.90. The predicted octanol–water partition coefficient (Wildman–Crippen LogP) is 3.51. The number of nitro groups is 1. The second-order valence-corrected chi connectivity index (χ2v) is 4.54. The van der Waals surface area contributed by atoms with E-state index in [0.717, 1.165) is 18.2 Å². The molecular weight excluding hydrogens is 326 g/mol. The number of halogens is 3. The summed E-state index contributed by atoms with van der Waals surface area (Å²) in [5, 5.41) is 11.0. The maximum atomic E-state index is 13.2. The van der Waals surface area contributed by atoms with E-state index in [-0.39, 0.29) is 27.5 Å². The van der Waals surface area contributed by atoms with Gasteiger partial charge in [0.2, 0.25) is 11.6 Å². The number of hydrogen-bond acceptors (Lipinski definition) is 6. The number of nitrogens with two attached hydrogens (primary N) is 1. The lowest BCUT2D eigenvalue weighted by Crippen LogP contribution is -2.09. The smallest absolute Gasteiger partial charge is 0.311 e. The molecule has 2 aromatic rings. The molecule has 10 heteroatoms. The zero-order valence-corrected chi connectivity index (χ0v) is 11.7. The van der Waals surface area contributed by atoms with Gasteiger partial charge >= 0.3 is 5.69 Å². The number of nitrogens with one attached hydrogen (secondary N) is 1. The van der Waals surface area contributed by atoms with Gasteiger partial charge in [0, 0.05) is 12.1 Å². The summed E-state index contributed by atoms with van der Waals surface area (Å²) < 4.78 is 18.4. The topological polar surface area (TPSA) is 103 Å². The number of anilines is 1. The summed E-state index contributed by atoms with van der Waals surface area (Å²) >= 11 is 11.7. The van der Waals surface area contributed by atoms with Crippen LogP contribution in [0.5, 0.6) is 11.6 Å². The molecule has 0 amide bonds. The molecule has 1 aromatic carbocycles. The van der Waals surface area contributed by atoms with E-state index in [4.69, 9.17) is 33.8 Å². The van der Waals surface area contributed by atoms with Crippen LogP contribution < -0.4 is 16.0 Å². The van der Waals surface area contributed by atoms with Gasteiger partial charge in [0.05, 0.1) is 9.95 Å². The second kappa shape index (κ2) is 6.08. The van der Waals surface area contributed by atoms with E-state index in [2.05, 4.69) is 10.4 Å². The molecule has 1 aromatic heterocycles. The monoisotopic (exact) mass is 332 g/mol. The fourth-order valence-electron chi connectivity index (χ4n) is 1.45. The third kappa shape index (κ3) is 3.30. The van der Waals surface area contributed by atoms with Crippen LogP contribution in [0.2, 0.25) is 10.0 Å². The molecule has 110 valence electrons. The van der Waals surface area contributed by atoms with E-state index in [0.29, 0.717) is 0 Å².